The average molecular weight is 482 g/mol. The number of imide groups is 1. The molecule has 0 unspecified atom stereocenters. The van der Waals surface area contributed by atoms with Crippen LogP contribution in [0.25, 0.3) is 0 Å². The number of alkyl halides is 1. The number of carbonyl (C=O) groups is 4. The quantitative estimate of drug-likeness (QED) is 0.270. The summed E-state index contributed by atoms with van der Waals surface area (Å²) in [6, 6.07) is 3.51. The molecular formula is C13H11IN2O8S. The molecule has 1 aromatic rings. The number of benzene rings is 1. The zero-order valence-corrected chi connectivity index (χ0v) is 15.4. The van der Waals surface area contributed by atoms with Gasteiger partial charge < -0.3 is 9.50 Å². The standard InChI is InChI=1S/C13H11IN2O8S/c14-6-10(17)15-7-1-2-8(13(20)24-25(21,22)23)9(5-7)16-11(18)3-4-12(16)19/h1-2,5H,3-4,6H2,(H,15,17)(H,21,22,23). The minimum atomic E-state index is -5.08. The molecule has 0 atom stereocenters. The molecule has 0 aliphatic carbocycles. The molecule has 1 aliphatic heterocycles. The molecule has 2 N–H and O–H groups in total. The van der Waals surface area contributed by atoms with Crippen LogP contribution in [0.5, 0.6) is 0 Å². The fourth-order valence-corrected chi connectivity index (χ4v) is 2.62. The molecule has 1 heterocycles. The number of nitrogens with zero attached hydrogens (tertiary/aromatic N) is 1. The molecular weight excluding hydrogens is 471 g/mol. The Hall–Kier alpha value is -2.06. The molecule has 0 aromatic heterocycles. The maximum atomic E-state index is 11.9. The van der Waals surface area contributed by atoms with E-state index in [0.717, 1.165) is 6.07 Å². The summed E-state index contributed by atoms with van der Waals surface area (Å²) in [6.45, 7) is 0. The molecule has 1 fully saturated rings. The molecule has 134 valence electrons. The van der Waals surface area contributed by atoms with E-state index in [2.05, 4.69) is 9.50 Å². The predicted octanol–water partition coefficient (Wildman–Crippen LogP) is 0.673. The third kappa shape index (κ3) is 4.73. The summed E-state index contributed by atoms with van der Waals surface area (Å²) in [5, 5.41) is 2.48. The Labute approximate surface area is 155 Å². The van der Waals surface area contributed by atoms with Gasteiger partial charge in [-0.1, -0.05) is 22.6 Å². The first-order chi connectivity index (χ1) is 11.6. The minimum absolute atomic E-state index is 0.0735. The third-order valence-electron chi connectivity index (χ3n) is 3.10. The predicted molar refractivity (Wildman–Crippen MR) is 92.6 cm³/mol. The molecule has 25 heavy (non-hydrogen) atoms. The number of halogens is 1. The van der Waals surface area contributed by atoms with Crippen LogP contribution in [0, 0.1) is 0 Å². The number of nitrogens with one attached hydrogen (secondary N) is 1. The van der Waals surface area contributed by atoms with E-state index in [0.29, 0.717) is 4.90 Å². The van der Waals surface area contributed by atoms with Crippen molar-refractivity contribution in [3.63, 3.8) is 0 Å². The van der Waals surface area contributed by atoms with Gasteiger partial charge in [-0.2, -0.15) is 8.42 Å². The van der Waals surface area contributed by atoms with E-state index in [1.165, 1.54) is 12.1 Å². The van der Waals surface area contributed by atoms with Gasteiger partial charge in [-0.05, 0) is 18.2 Å². The first-order valence-corrected chi connectivity index (χ1v) is 9.58. The second-order valence-electron chi connectivity index (χ2n) is 4.84. The molecule has 0 radical (unpaired) electrons. The maximum absolute atomic E-state index is 11.9. The van der Waals surface area contributed by atoms with Crippen molar-refractivity contribution in [2.24, 2.45) is 0 Å². The average Bonchev–Trinajstić information content (AvgIpc) is 2.84. The molecule has 12 heteroatoms. The van der Waals surface area contributed by atoms with Gasteiger partial charge in [0.2, 0.25) is 17.7 Å². The Kier molecular flexibility index (Phi) is 5.74. The molecule has 0 spiro atoms. The molecule has 1 aromatic carbocycles. The Bertz CT molecular complexity index is 851. The van der Waals surface area contributed by atoms with Crippen LogP contribution in [0.4, 0.5) is 11.4 Å². The second-order valence-corrected chi connectivity index (χ2v) is 6.62. The van der Waals surface area contributed by atoms with Crippen LogP contribution in [0.15, 0.2) is 18.2 Å². The smallest absolute Gasteiger partial charge is 0.325 e. The molecule has 10 nitrogen and oxygen atoms in total. The summed E-state index contributed by atoms with van der Waals surface area (Å²) in [5.74, 6) is -3.03. The van der Waals surface area contributed by atoms with Crippen LogP contribution < -0.4 is 10.2 Å². The monoisotopic (exact) mass is 482 g/mol. The van der Waals surface area contributed by atoms with Crippen LogP contribution in [0.1, 0.15) is 23.2 Å². The lowest BCUT2D eigenvalue weighted by Crippen LogP contribution is -2.31. The summed E-state index contributed by atoms with van der Waals surface area (Å²) < 4.78 is 34.1. The Balaban J connectivity index is 2.51. The highest BCUT2D eigenvalue weighted by Crippen LogP contribution is 2.30. The van der Waals surface area contributed by atoms with Crippen molar-refractivity contribution in [3.8, 4) is 0 Å². The van der Waals surface area contributed by atoms with Gasteiger partial charge >= 0.3 is 16.4 Å². The van der Waals surface area contributed by atoms with Crippen molar-refractivity contribution in [3.05, 3.63) is 23.8 Å². The largest absolute Gasteiger partial charge is 0.449 e. The molecule has 0 saturated carbocycles. The lowest BCUT2D eigenvalue weighted by Gasteiger charge is -2.18. The number of anilines is 2. The van der Waals surface area contributed by atoms with E-state index in [1.54, 1.807) is 0 Å². The molecule has 1 aliphatic rings. The molecule has 3 amide bonds. The van der Waals surface area contributed by atoms with Crippen molar-refractivity contribution >= 4 is 68.1 Å². The number of rotatable bonds is 5. The number of hydrogen-bond donors (Lipinski definition) is 2. The van der Waals surface area contributed by atoms with Crippen molar-refractivity contribution < 1.29 is 36.3 Å². The normalized spacial score (nSPS) is 14.6. The van der Waals surface area contributed by atoms with E-state index in [9.17, 15) is 27.6 Å². The van der Waals surface area contributed by atoms with Gasteiger partial charge in [0, 0.05) is 18.5 Å². The summed E-state index contributed by atoms with van der Waals surface area (Å²) in [7, 11) is -5.08. The van der Waals surface area contributed by atoms with Gasteiger partial charge in [0.05, 0.1) is 15.7 Å². The fraction of sp³-hybridized carbons (Fsp3) is 0.231. The van der Waals surface area contributed by atoms with Gasteiger partial charge in [-0.3, -0.25) is 18.9 Å². The number of hydrogen-bond acceptors (Lipinski definition) is 7. The van der Waals surface area contributed by atoms with E-state index >= 15 is 0 Å². The molecule has 2 rings (SSSR count). The van der Waals surface area contributed by atoms with Crippen LogP contribution in [0.3, 0.4) is 0 Å². The fourth-order valence-electron chi connectivity index (χ4n) is 2.15. The van der Waals surface area contributed by atoms with Crippen LogP contribution >= 0.6 is 22.6 Å². The number of amides is 3. The Morgan fingerprint density at radius 3 is 2.36 bits per heavy atom. The lowest BCUT2D eigenvalue weighted by atomic mass is 10.1. The topological polar surface area (TPSA) is 147 Å². The summed E-state index contributed by atoms with van der Waals surface area (Å²) in [5.41, 5.74) is -0.492. The van der Waals surface area contributed by atoms with Crippen molar-refractivity contribution in [1.29, 1.82) is 0 Å². The van der Waals surface area contributed by atoms with Gasteiger partial charge in [0.25, 0.3) is 0 Å². The van der Waals surface area contributed by atoms with E-state index in [-0.39, 0.29) is 34.6 Å². The van der Waals surface area contributed by atoms with E-state index < -0.39 is 33.7 Å². The highest BCUT2D eigenvalue weighted by molar-refractivity contribution is 14.1. The van der Waals surface area contributed by atoms with Crippen LogP contribution in [-0.2, 0) is 29.0 Å². The highest BCUT2D eigenvalue weighted by atomic mass is 127. The Morgan fingerprint density at radius 2 is 1.84 bits per heavy atom. The van der Waals surface area contributed by atoms with Gasteiger partial charge in [-0.15, -0.1) is 0 Å². The summed E-state index contributed by atoms with van der Waals surface area (Å²) in [6.07, 6.45) is -0.147. The number of carbonyl (C=O) groups excluding carboxylic acids is 4. The highest BCUT2D eigenvalue weighted by Gasteiger charge is 2.34. The SMILES string of the molecule is O=C(CI)Nc1ccc(C(=O)OS(=O)(=O)O)c(N2C(=O)CCC2=O)c1. The summed E-state index contributed by atoms with van der Waals surface area (Å²) >= 11 is 1.83. The lowest BCUT2D eigenvalue weighted by molar-refractivity contribution is -0.121. The zero-order valence-electron chi connectivity index (χ0n) is 12.4. The van der Waals surface area contributed by atoms with Crippen LogP contribution in [0.2, 0.25) is 0 Å². The molecule has 1 saturated heterocycles. The summed E-state index contributed by atoms with van der Waals surface area (Å²) in [4.78, 5) is 48.0. The second kappa shape index (κ2) is 7.45. The minimum Gasteiger partial charge on any atom is -0.325 e. The van der Waals surface area contributed by atoms with Gasteiger partial charge in [0.15, 0.2) is 0 Å². The third-order valence-corrected chi connectivity index (χ3v) is 4.15. The maximum Gasteiger partial charge on any atom is 0.449 e. The first-order valence-electron chi connectivity index (χ1n) is 6.69. The zero-order chi connectivity index (χ0) is 18.8. The van der Waals surface area contributed by atoms with E-state index in [1.807, 2.05) is 22.6 Å². The molecule has 0 bridgehead atoms. The van der Waals surface area contributed by atoms with Gasteiger partial charge in [-0.25, -0.2) is 9.69 Å². The van der Waals surface area contributed by atoms with Crippen molar-refractivity contribution in [2.75, 3.05) is 14.6 Å². The Morgan fingerprint density at radius 1 is 1.24 bits per heavy atom. The van der Waals surface area contributed by atoms with E-state index in [4.69, 9.17) is 4.55 Å². The van der Waals surface area contributed by atoms with Crippen molar-refractivity contribution in [2.45, 2.75) is 12.8 Å². The first kappa shape index (κ1) is 19.3. The van der Waals surface area contributed by atoms with Crippen LogP contribution in [-0.4, -0.2) is 41.1 Å². The van der Waals surface area contributed by atoms with Gasteiger partial charge in [0.1, 0.15) is 0 Å². The van der Waals surface area contributed by atoms with Crippen molar-refractivity contribution in [1.82, 2.24) is 0 Å².